The van der Waals surface area contributed by atoms with Crippen LogP contribution in [0.1, 0.15) is 34.7 Å². The zero-order valence-electron chi connectivity index (χ0n) is 18.1. The smallest absolute Gasteiger partial charge is 0.248 e. The molecule has 0 atom stereocenters. The van der Waals surface area contributed by atoms with Gasteiger partial charge in [0.1, 0.15) is 12.4 Å². The number of para-hydroxylation sites is 1. The van der Waals surface area contributed by atoms with E-state index in [1.54, 1.807) is 17.4 Å². The Bertz CT molecular complexity index is 1170. The third-order valence-electron chi connectivity index (χ3n) is 5.20. The number of carbonyl (C=O) groups is 2. The molecule has 4 rings (SSSR count). The van der Waals surface area contributed by atoms with E-state index in [1.165, 1.54) is 6.08 Å². The minimum absolute atomic E-state index is 0.151. The highest BCUT2D eigenvalue weighted by Gasteiger charge is 2.22. The molecule has 1 saturated heterocycles. The van der Waals surface area contributed by atoms with E-state index in [4.69, 9.17) is 4.74 Å². The molecule has 164 valence electrons. The molecule has 6 nitrogen and oxygen atoms in total. The molecule has 32 heavy (non-hydrogen) atoms. The van der Waals surface area contributed by atoms with E-state index in [1.807, 2.05) is 66.6 Å². The summed E-state index contributed by atoms with van der Waals surface area (Å²) in [6, 6.07) is 13.2. The summed E-state index contributed by atoms with van der Waals surface area (Å²) in [6.45, 7) is 5.04. The summed E-state index contributed by atoms with van der Waals surface area (Å²) in [7, 11) is 0. The minimum Gasteiger partial charge on any atom is -0.487 e. The number of nitrogens with one attached hydrogen (secondary N) is 1. The van der Waals surface area contributed by atoms with Crippen molar-refractivity contribution in [1.82, 2.24) is 4.98 Å². The van der Waals surface area contributed by atoms with E-state index >= 15 is 0 Å². The average molecular weight is 448 g/mol. The SMILES string of the molecule is Cc1nc(COc2ccccc2/C=C/C(=O)Nc2ccc(N3CCCC3=O)c(C)c2)cs1. The molecule has 0 radical (unpaired) electrons. The lowest BCUT2D eigenvalue weighted by Crippen LogP contribution is -2.24. The molecule has 0 aliphatic carbocycles. The first kappa shape index (κ1) is 21.8. The number of hydrogen-bond donors (Lipinski definition) is 1. The molecular formula is C25H25N3O3S. The third-order valence-corrected chi connectivity index (χ3v) is 6.03. The van der Waals surface area contributed by atoms with Crippen molar-refractivity contribution in [3.63, 3.8) is 0 Å². The van der Waals surface area contributed by atoms with Crippen LogP contribution in [0.3, 0.4) is 0 Å². The highest BCUT2D eigenvalue weighted by Crippen LogP contribution is 2.27. The fourth-order valence-corrected chi connectivity index (χ4v) is 4.26. The Morgan fingerprint density at radius 1 is 1.25 bits per heavy atom. The van der Waals surface area contributed by atoms with Gasteiger partial charge in [-0.1, -0.05) is 18.2 Å². The highest BCUT2D eigenvalue weighted by atomic mass is 32.1. The van der Waals surface area contributed by atoms with Crippen LogP contribution in [0.5, 0.6) is 5.75 Å². The largest absolute Gasteiger partial charge is 0.487 e. The number of aromatic nitrogens is 1. The van der Waals surface area contributed by atoms with E-state index in [0.717, 1.165) is 40.5 Å². The summed E-state index contributed by atoms with van der Waals surface area (Å²) in [6.07, 6.45) is 4.71. The first-order valence-electron chi connectivity index (χ1n) is 10.5. The van der Waals surface area contributed by atoms with Crippen LogP contribution in [0.2, 0.25) is 0 Å². The van der Waals surface area contributed by atoms with Gasteiger partial charge in [0, 0.05) is 41.4 Å². The zero-order valence-corrected chi connectivity index (χ0v) is 18.9. The average Bonchev–Trinajstić information content (AvgIpc) is 3.39. The van der Waals surface area contributed by atoms with Crippen molar-refractivity contribution in [3.8, 4) is 5.75 Å². The van der Waals surface area contributed by atoms with Crippen LogP contribution >= 0.6 is 11.3 Å². The van der Waals surface area contributed by atoms with Gasteiger partial charge in [0.05, 0.1) is 10.7 Å². The van der Waals surface area contributed by atoms with Crippen LogP contribution in [-0.2, 0) is 16.2 Å². The maximum Gasteiger partial charge on any atom is 0.248 e. The lowest BCUT2D eigenvalue weighted by molar-refractivity contribution is -0.117. The van der Waals surface area contributed by atoms with Gasteiger partial charge >= 0.3 is 0 Å². The number of ether oxygens (including phenoxy) is 1. The van der Waals surface area contributed by atoms with Crippen molar-refractivity contribution < 1.29 is 14.3 Å². The minimum atomic E-state index is -0.237. The van der Waals surface area contributed by atoms with Gasteiger partial charge in [0.2, 0.25) is 11.8 Å². The Morgan fingerprint density at radius 3 is 2.81 bits per heavy atom. The third kappa shape index (κ3) is 5.23. The molecule has 1 N–H and O–H groups in total. The van der Waals surface area contributed by atoms with E-state index in [0.29, 0.717) is 24.5 Å². The number of hydrogen-bond acceptors (Lipinski definition) is 5. The molecule has 7 heteroatoms. The van der Waals surface area contributed by atoms with Crippen LogP contribution in [-0.4, -0.2) is 23.3 Å². The number of nitrogens with zero attached hydrogens (tertiary/aromatic N) is 2. The molecule has 1 aliphatic heterocycles. The van der Waals surface area contributed by atoms with Gasteiger partial charge in [-0.05, 0) is 56.2 Å². The molecule has 1 fully saturated rings. The van der Waals surface area contributed by atoms with Crippen LogP contribution in [0.4, 0.5) is 11.4 Å². The second-order valence-electron chi connectivity index (χ2n) is 7.66. The zero-order chi connectivity index (χ0) is 22.5. The van der Waals surface area contributed by atoms with Crippen molar-refractivity contribution >= 4 is 40.6 Å². The number of benzene rings is 2. The van der Waals surface area contributed by atoms with E-state index < -0.39 is 0 Å². The molecule has 0 saturated carbocycles. The molecular weight excluding hydrogens is 422 g/mol. The first-order valence-corrected chi connectivity index (χ1v) is 11.4. The van der Waals surface area contributed by atoms with Gasteiger partial charge in [0.15, 0.2) is 0 Å². The summed E-state index contributed by atoms with van der Waals surface area (Å²) >= 11 is 1.59. The molecule has 3 aromatic rings. The number of carbonyl (C=O) groups excluding carboxylic acids is 2. The Kier molecular flexibility index (Phi) is 6.66. The maximum absolute atomic E-state index is 12.5. The van der Waals surface area contributed by atoms with Crippen molar-refractivity contribution in [2.75, 3.05) is 16.8 Å². The van der Waals surface area contributed by atoms with Crippen LogP contribution < -0.4 is 15.0 Å². The van der Waals surface area contributed by atoms with Crippen LogP contribution in [0.15, 0.2) is 53.9 Å². The molecule has 2 amide bonds. The lowest BCUT2D eigenvalue weighted by atomic mass is 10.1. The van der Waals surface area contributed by atoms with Crippen molar-refractivity contribution in [3.05, 3.63) is 75.7 Å². The van der Waals surface area contributed by atoms with Gasteiger partial charge < -0.3 is 15.0 Å². The van der Waals surface area contributed by atoms with Gasteiger partial charge in [-0.2, -0.15) is 0 Å². The Balaban J connectivity index is 1.39. The highest BCUT2D eigenvalue weighted by molar-refractivity contribution is 7.09. The number of aryl methyl sites for hydroxylation is 2. The maximum atomic E-state index is 12.5. The molecule has 1 aromatic heterocycles. The van der Waals surface area contributed by atoms with E-state index in [2.05, 4.69) is 10.3 Å². The van der Waals surface area contributed by atoms with Crippen molar-refractivity contribution in [1.29, 1.82) is 0 Å². The summed E-state index contributed by atoms with van der Waals surface area (Å²) in [5.41, 5.74) is 4.25. The summed E-state index contributed by atoms with van der Waals surface area (Å²) in [5, 5.41) is 5.87. The van der Waals surface area contributed by atoms with Crippen molar-refractivity contribution in [2.45, 2.75) is 33.3 Å². The Hall–Kier alpha value is -3.45. The molecule has 1 aliphatic rings. The van der Waals surface area contributed by atoms with Gasteiger partial charge in [0.25, 0.3) is 0 Å². The fraction of sp³-hybridized carbons (Fsp3) is 0.240. The van der Waals surface area contributed by atoms with Gasteiger partial charge in [-0.25, -0.2) is 4.98 Å². The quantitative estimate of drug-likeness (QED) is 0.511. The van der Waals surface area contributed by atoms with Crippen LogP contribution in [0.25, 0.3) is 6.08 Å². The lowest BCUT2D eigenvalue weighted by Gasteiger charge is -2.19. The second kappa shape index (κ2) is 9.78. The Morgan fingerprint density at radius 2 is 2.09 bits per heavy atom. The second-order valence-corrected chi connectivity index (χ2v) is 8.72. The van der Waals surface area contributed by atoms with Crippen LogP contribution in [0, 0.1) is 13.8 Å². The molecule has 2 heterocycles. The van der Waals surface area contributed by atoms with E-state index in [-0.39, 0.29) is 11.8 Å². The Labute approximate surface area is 191 Å². The molecule has 0 spiro atoms. The first-order chi connectivity index (χ1) is 15.5. The number of anilines is 2. The topological polar surface area (TPSA) is 71.5 Å². The van der Waals surface area contributed by atoms with Gasteiger partial charge in [-0.15, -0.1) is 11.3 Å². The number of thiazole rings is 1. The normalized spacial score (nSPS) is 13.7. The number of rotatable bonds is 7. The molecule has 2 aromatic carbocycles. The van der Waals surface area contributed by atoms with Gasteiger partial charge in [-0.3, -0.25) is 9.59 Å². The monoisotopic (exact) mass is 447 g/mol. The fourth-order valence-electron chi connectivity index (χ4n) is 3.66. The standard InChI is InChI=1S/C25H25N3O3S/c1-17-14-20(10-11-22(17)28-13-5-8-25(28)30)27-24(29)12-9-19-6-3-4-7-23(19)31-15-21-16-32-18(2)26-21/h3-4,6-7,9-12,14,16H,5,8,13,15H2,1-2H3,(H,27,29)/b12-9+. The summed E-state index contributed by atoms with van der Waals surface area (Å²) in [4.78, 5) is 30.7. The predicted octanol–water partition coefficient (Wildman–Crippen LogP) is 5.12. The van der Waals surface area contributed by atoms with E-state index in [9.17, 15) is 9.59 Å². The molecule has 0 unspecified atom stereocenters. The summed E-state index contributed by atoms with van der Waals surface area (Å²) in [5.74, 6) is 0.607. The molecule has 0 bridgehead atoms. The number of amides is 2. The predicted molar refractivity (Wildman–Crippen MR) is 128 cm³/mol. The summed E-state index contributed by atoms with van der Waals surface area (Å²) < 4.78 is 5.90. The van der Waals surface area contributed by atoms with Crippen molar-refractivity contribution in [2.24, 2.45) is 0 Å².